The van der Waals surface area contributed by atoms with Crippen molar-refractivity contribution in [1.82, 2.24) is 14.7 Å². The Morgan fingerprint density at radius 2 is 2.17 bits per heavy atom. The molecule has 102 valence electrons. The van der Waals surface area contributed by atoms with Crippen LogP contribution in [0.5, 0.6) is 0 Å². The molecule has 0 saturated carbocycles. The van der Waals surface area contributed by atoms with E-state index in [1.54, 1.807) is 0 Å². The van der Waals surface area contributed by atoms with E-state index in [4.69, 9.17) is 5.11 Å². The SMILES string of the molecule is CCC(C)N(CC(=O)O)Cc1cnn(C(C)C)c1. The second kappa shape index (κ2) is 6.54. The number of nitrogens with zero attached hydrogens (tertiary/aromatic N) is 3. The van der Waals surface area contributed by atoms with Crippen LogP contribution in [0.15, 0.2) is 12.4 Å². The summed E-state index contributed by atoms with van der Waals surface area (Å²) in [5, 5.41) is 13.2. The first-order chi connectivity index (χ1) is 8.43. The third-order valence-corrected chi connectivity index (χ3v) is 3.12. The smallest absolute Gasteiger partial charge is 0.317 e. The van der Waals surface area contributed by atoms with Crippen LogP contribution in [-0.2, 0) is 11.3 Å². The van der Waals surface area contributed by atoms with E-state index in [-0.39, 0.29) is 12.6 Å². The highest BCUT2D eigenvalue weighted by Gasteiger charge is 2.16. The van der Waals surface area contributed by atoms with Crippen molar-refractivity contribution >= 4 is 5.97 Å². The molecule has 0 aliphatic carbocycles. The number of rotatable bonds is 7. The van der Waals surface area contributed by atoms with Gasteiger partial charge in [-0.15, -0.1) is 0 Å². The van der Waals surface area contributed by atoms with Crippen molar-refractivity contribution in [3.63, 3.8) is 0 Å². The summed E-state index contributed by atoms with van der Waals surface area (Å²) in [4.78, 5) is 12.8. The van der Waals surface area contributed by atoms with Gasteiger partial charge in [-0.3, -0.25) is 14.4 Å². The molecule has 0 radical (unpaired) electrons. The highest BCUT2D eigenvalue weighted by Crippen LogP contribution is 2.12. The molecule has 0 bridgehead atoms. The molecular weight excluding hydrogens is 230 g/mol. The van der Waals surface area contributed by atoms with Gasteiger partial charge in [-0.1, -0.05) is 6.92 Å². The van der Waals surface area contributed by atoms with Crippen molar-refractivity contribution in [3.05, 3.63) is 18.0 Å². The van der Waals surface area contributed by atoms with E-state index in [2.05, 4.69) is 32.8 Å². The highest BCUT2D eigenvalue weighted by molar-refractivity contribution is 5.69. The second-order valence-electron chi connectivity index (χ2n) is 4.98. The minimum absolute atomic E-state index is 0.0713. The van der Waals surface area contributed by atoms with Gasteiger partial charge >= 0.3 is 5.97 Å². The van der Waals surface area contributed by atoms with E-state index < -0.39 is 5.97 Å². The van der Waals surface area contributed by atoms with E-state index in [1.807, 2.05) is 22.0 Å². The van der Waals surface area contributed by atoms with Crippen LogP contribution in [0.3, 0.4) is 0 Å². The maximum absolute atomic E-state index is 10.9. The largest absolute Gasteiger partial charge is 0.480 e. The Balaban J connectivity index is 2.72. The number of carboxylic acids is 1. The predicted molar refractivity (Wildman–Crippen MR) is 70.4 cm³/mol. The van der Waals surface area contributed by atoms with Gasteiger partial charge in [-0.05, 0) is 27.2 Å². The lowest BCUT2D eigenvalue weighted by molar-refractivity contribution is -0.139. The summed E-state index contributed by atoms with van der Waals surface area (Å²) in [5.74, 6) is -0.786. The van der Waals surface area contributed by atoms with Crippen molar-refractivity contribution in [3.8, 4) is 0 Å². The Morgan fingerprint density at radius 3 is 2.61 bits per heavy atom. The van der Waals surface area contributed by atoms with Gasteiger partial charge in [0.25, 0.3) is 0 Å². The summed E-state index contributed by atoms with van der Waals surface area (Å²) in [6, 6.07) is 0.582. The van der Waals surface area contributed by atoms with Crippen LogP contribution in [0, 0.1) is 0 Å². The van der Waals surface area contributed by atoms with Crippen LogP contribution in [0.4, 0.5) is 0 Å². The van der Waals surface area contributed by atoms with Crippen LogP contribution in [0.1, 0.15) is 45.7 Å². The summed E-state index contributed by atoms with van der Waals surface area (Å²) >= 11 is 0. The van der Waals surface area contributed by atoms with Crippen LogP contribution in [-0.4, -0.2) is 38.3 Å². The monoisotopic (exact) mass is 253 g/mol. The molecule has 1 heterocycles. The second-order valence-corrected chi connectivity index (χ2v) is 4.98. The third kappa shape index (κ3) is 4.14. The lowest BCUT2D eigenvalue weighted by Gasteiger charge is -2.25. The fourth-order valence-electron chi connectivity index (χ4n) is 1.78. The molecule has 0 saturated heterocycles. The van der Waals surface area contributed by atoms with E-state index in [9.17, 15) is 4.79 Å². The molecule has 1 aromatic heterocycles. The number of hydrogen-bond acceptors (Lipinski definition) is 3. The van der Waals surface area contributed by atoms with Crippen molar-refractivity contribution in [2.75, 3.05) is 6.54 Å². The van der Waals surface area contributed by atoms with Crippen molar-refractivity contribution in [1.29, 1.82) is 0 Å². The molecule has 1 aromatic rings. The maximum atomic E-state index is 10.9. The van der Waals surface area contributed by atoms with Gasteiger partial charge in [0.15, 0.2) is 0 Å². The van der Waals surface area contributed by atoms with Crippen LogP contribution >= 0.6 is 0 Å². The molecule has 18 heavy (non-hydrogen) atoms. The summed E-state index contributed by atoms with van der Waals surface area (Å²) in [5.41, 5.74) is 1.06. The molecule has 0 aromatic carbocycles. The van der Waals surface area contributed by atoms with Gasteiger partial charge in [0.05, 0.1) is 12.7 Å². The Bertz CT molecular complexity index is 387. The summed E-state index contributed by atoms with van der Waals surface area (Å²) in [6.45, 7) is 8.96. The van der Waals surface area contributed by atoms with E-state index in [0.717, 1.165) is 12.0 Å². The van der Waals surface area contributed by atoms with Crippen LogP contribution in [0.25, 0.3) is 0 Å². The van der Waals surface area contributed by atoms with Gasteiger partial charge in [0.2, 0.25) is 0 Å². The van der Waals surface area contributed by atoms with E-state index >= 15 is 0 Å². The Labute approximate surface area is 108 Å². The molecular formula is C13H23N3O2. The molecule has 0 aliphatic rings. The summed E-state index contributed by atoms with van der Waals surface area (Å²) in [7, 11) is 0. The first kappa shape index (κ1) is 14.7. The predicted octanol–water partition coefficient (Wildman–Crippen LogP) is 2.15. The molecule has 0 amide bonds. The molecule has 5 heteroatoms. The van der Waals surface area contributed by atoms with Gasteiger partial charge < -0.3 is 5.11 Å². The Hall–Kier alpha value is -1.36. The molecule has 5 nitrogen and oxygen atoms in total. The fraction of sp³-hybridized carbons (Fsp3) is 0.692. The van der Waals surface area contributed by atoms with Gasteiger partial charge in [-0.2, -0.15) is 5.10 Å². The number of carbonyl (C=O) groups is 1. The zero-order valence-corrected chi connectivity index (χ0v) is 11.6. The standard InChI is InChI=1S/C13H23N3O2/c1-5-11(4)15(9-13(17)18)7-12-6-14-16(8-12)10(2)3/h6,8,10-11H,5,7,9H2,1-4H3,(H,17,18). The summed E-state index contributed by atoms with van der Waals surface area (Å²) < 4.78 is 1.89. The van der Waals surface area contributed by atoms with E-state index in [1.165, 1.54) is 0 Å². The van der Waals surface area contributed by atoms with Gasteiger partial charge in [-0.25, -0.2) is 0 Å². The Kier molecular flexibility index (Phi) is 5.34. The molecule has 1 atom stereocenters. The maximum Gasteiger partial charge on any atom is 0.317 e. The molecule has 1 N–H and O–H groups in total. The Morgan fingerprint density at radius 1 is 1.50 bits per heavy atom. The quantitative estimate of drug-likeness (QED) is 0.809. The summed E-state index contributed by atoms with van der Waals surface area (Å²) in [6.07, 6.45) is 4.74. The average molecular weight is 253 g/mol. The number of hydrogen-bond donors (Lipinski definition) is 1. The average Bonchev–Trinajstić information content (AvgIpc) is 2.75. The minimum Gasteiger partial charge on any atom is -0.480 e. The van der Waals surface area contributed by atoms with Crippen molar-refractivity contribution in [2.45, 2.75) is 52.7 Å². The van der Waals surface area contributed by atoms with Gasteiger partial charge in [0.1, 0.15) is 0 Å². The minimum atomic E-state index is -0.786. The number of aliphatic carboxylic acids is 1. The zero-order chi connectivity index (χ0) is 13.7. The third-order valence-electron chi connectivity index (χ3n) is 3.12. The molecule has 0 spiro atoms. The topological polar surface area (TPSA) is 58.4 Å². The van der Waals surface area contributed by atoms with Crippen molar-refractivity contribution in [2.24, 2.45) is 0 Å². The van der Waals surface area contributed by atoms with Gasteiger partial charge in [0, 0.05) is 30.4 Å². The van der Waals surface area contributed by atoms with Crippen molar-refractivity contribution < 1.29 is 9.90 Å². The van der Waals surface area contributed by atoms with E-state index in [0.29, 0.717) is 12.6 Å². The molecule has 0 fully saturated rings. The number of carboxylic acid groups (broad SMARTS) is 1. The molecule has 0 aliphatic heterocycles. The lowest BCUT2D eigenvalue weighted by Crippen LogP contribution is -2.36. The van der Waals surface area contributed by atoms with Crippen LogP contribution in [0.2, 0.25) is 0 Å². The first-order valence-electron chi connectivity index (χ1n) is 6.42. The lowest BCUT2D eigenvalue weighted by atomic mass is 10.2. The fourth-order valence-corrected chi connectivity index (χ4v) is 1.78. The zero-order valence-electron chi connectivity index (χ0n) is 11.6. The molecule has 1 unspecified atom stereocenters. The molecule has 1 rings (SSSR count). The first-order valence-corrected chi connectivity index (χ1v) is 6.42. The highest BCUT2D eigenvalue weighted by atomic mass is 16.4. The number of aromatic nitrogens is 2. The van der Waals surface area contributed by atoms with Crippen LogP contribution < -0.4 is 0 Å². The normalized spacial score (nSPS) is 13.2.